The highest BCUT2D eigenvalue weighted by molar-refractivity contribution is 7.89. The van der Waals surface area contributed by atoms with Gasteiger partial charge in [0.15, 0.2) is 0 Å². The minimum absolute atomic E-state index is 0.215. The van der Waals surface area contributed by atoms with Crippen LogP contribution < -0.4 is 5.32 Å². The van der Waals surface area contributed by atoms with Crippen LogP contribution in [0.4, 0.5) is 0 Å². The molecule has 0 amide bonds. The van der Waals surface area contributed by atoms with Gasteiger partial charge in [0.25, 0.3) is 0 Å². The maximum absolute atomic E-state index is 11.9. The Labute approximate surface area is 140 Å². The average molecular weight is 337 g/mol. The number of hydrogen-bond donors (Lipinski definition) is 1. The van der Waals surface area contributed by atoms with Crippen LogP contribution in [0.25, 0.3) is 0 Å². The Kier molecular flexibility index (Phi) is 5.39. The molecular formula is C18H28N2O2S. The van der Waals surface area contributed by atoms with Crippen LogP contribution in [0.1, 0.15) is 50.5 Å². The molecule has 0 unspecified atom stereocenters. The quantitative estimate of drug-likeness (QED) is 0.899. The number of piperidine rings is 1. The molecule has 5 heteroatoms. The van der Waals surface area contributed by atoms with Gasteiger partial charge in [-0.3, -0.25) is 0 Å². The fraction of sp³-hybridized carbons (Fsp3) is 0.667. The summed E-state index contributed by atoms with van der Waals surface area (Å²) in [4.78, 5) is 0. The molecule has 1 aliphatic heterocycles. The minimum Gasteiger partial charge on any atom is -0.311 e. The largest absolute Gasteiger partial charge is 0.311 e. The Hall–Kier alpha value is -0.910. The summed E-state index contributed by atoms with van der Waals surface area (Å²) in [6.45, 7) is 3.06. The molecule has 1 N–H and O–H groups in total. The van der Waals surface area contributed by atoms with Crippen molar-refractivity contribution in [2.45, 2.75) is 57.0 Å². The van der Waals surface area contributed by atoms with Crippen molar-refractivity contribution in [3.63, 3.8) is 0 Å². The van der Waals surface area contributed by atoms with Gasteiger partial charge in [0.2, 0.25) is 10.0 Å². The molecule has 0 spiro atoms. The lowest BCUT2D eigenvalue weighted by atomic mass is 9.97. The molecule has 0 bridgehead atoms. The molecule has 3 rings (SSSR count). The third-order valence-corrected chi connectivity index (χ3v) is 7.27. The SMILES string of the molecule is CCS(=O)(=O)N1CCC(N[C@@H]2CC[C@@H](c3ccccc3)C2)CC1. The lowest BCUT2D eigenvalue weighted by Crippen LogP contribution is -2.47. The first kappa shape index (κ1) is 16.9. The summed E-state index contributed by atoms with van der Waals surface area (Å²) >= 11 is 0. The molecule has 1 aromatic carbocycles. The Morgan fingerprint density at radius 1 is 1.04 bits per heavy atom. The van der Waals surface area contributed by atoms with Crippen LogP contribution in [-0.2, 0) is 10.0 Å². The van der Waals surface area contributed by atoms with Crippen molar-refractivity contribution < 1.29 is 8.42 Å². The van der Waals surface area contributed by atoms with E-state index in [1.807, 2.05) is 0 Å². The molecule has 0 aromatic heterocycles. The zero-order valence-corrected chi connectivity index (χ0v) is 14.8. The van der Waals surface area contributed by atoms with Gasteiger partial charge in [0.1, 0.15) is 0 Å². The normalized spacial score (nSPS) is 27.3. The van der Waals surface area contributed by atoms with Crippen molar-refractivity contribution >= 4 is 10.0 Å². The number of sulfonamides is 1. The number of nitrogens with zero attached hydrogens (tertiary/aromatic N) is 1. The zero-order valence-electron chi connectivity index (χ0n) is 13.9. The van der Waals surface area contributed by atoms with Crippen molar-refractivity contribution in [3.05, 3.63) is 35.9 Å². The van der Waals surface area contributed by atoms with E-state index in [0.717, 1.165) is 12.8 Å². The van der Waals surface area contributed by atoms with Gasteiger partial charge in [0, 0.05) is 25.2 Å². The molecule has 23 heavy (non-hydrogen) atoms. The molecule has 2 fully saturated rings. The van der Waals surface area contributed by atoms with Crippen molar-refractivity contribution in [2.75, 3.05) is 18.8 Å². The summed E-state index contributed by atoms with van der Waals surface area (Å²) in [6, 6.07) is 11.9. The van der Waals surface area contributed by atoms with Crippen molar-refractivity contribution in [1.82, 2.24) is 9.62 Å². The van der Waals surface area contributed by atoms with Crippen LogP contribution in [0.2, 0.25) is 0 Å². The third kappa shape index (κ3) is 4.14. The highest BCUT2D eigenvalue weighted by atomic mass is 32.2. The Balaban J connectivity index is 1.47. The van der Waals surface area contributed by atoms with Gasteiger partial charge in [0.05, 0.1) is 5.75 Å². The zero-order chi connectivity index (χ0) is 16.3. The van der Waals surface area contributed by atoms with Crippen LogP contribution in [0.5, 0.6) is 0 Å². The number of benzene rings is 1. The van der Waals surface area contributed by atoms with Gasteiger partial charge in [-0.15, -0.1) is 0 Å². The Morgan fingerprint density at radius 3 is 2.39 bits per heavy atom. The molecule has 4 nitrogen and oxygen atoms in total. The van der Waals surface area contributed by atoms with Crippen LogP contribution in [0.3, 0.4) is 0 Å². The summed E-state index contributed by atoms with van der Waals surface area (Å²) in [7, 11) is -3.01. The predicted molar refractivity (Wildman–Crippen MR) is 94.0 cm³/mol. The van der Waals surface area contributed by atoms with Gasteiger partial charge in [-0.1, -0.05) is 30.3 Å². The van der Waals surface area contributed by atoms with E-state index in [1.54, 1.807) is 11.2 Å². The number of rotatable bonds is 5. The van der Waals surface area contributed by atoms with E-state index in [4.69, 9.17) is 0 Å². The second-order valence-corrected chi connectivity index (χ2v) is 9.12. The molecule has 1 heterocycles. The van der Waals surface area contributed by atoms with E-state index < -0.39 is 10.0 Å². The summed E-state index contributed by atoms with van der Waals surface area (Å²) in [5, 5.41) is 3.79. The van der Waals surface area contributed by atoms with E-state index in [1.165, 1.54) is 24.8 Å². The standard InChI is InChI=1S/C18H28N2O2S/c1-2-23(21,22)20-12-10-17(11-13-20)19-18-9-8-16(14-18)15-6-4-3-5-7-15/h3-7,16-19H,2,8-14H2,1H3/t16-,18-/m1/s1. The summed E-state index contributed by atoms with van der Waals surface area (Å²) in [5.41, 5.74) is 1.46. The maximum Gasteiger partial charge on any atom is 0.213 e. The van der Waals surface area contributed by atoms with Gasteiger partial charge < -0.3 is 5.32 Å². The first-order chi connectivity index (χ1) is 11.1. The molecular weight excluding hydrogens is 308 g/mol. The van der Waals surface area contributed by atoms with Crippen molar-refractivity contribution in [2.24, 2.45) is 0 Å². The third-order valence-electron chi connectivity index (χ3n) is 5.39. The molecule has 0 radical (unpaired) electrons. The fourth-order valence-corrected chi connectivity index (χ4v) is 5.11. The van der Waals surface area contributed by atoms with Crippen molar-refractivity contribution in [1.29, 1.82) is 0 Å². The molecule has 1 aliphatic carbocycles. The Morgan fingerprint density at radius 2 is 1.74 bits per heavy atom. The van der Waals surface area contributed by atoms with E-state index in [2.05, 4.69) is 35.6 Å². The molecule has 2 aliphatic rings. The second kappa shape index (κ2) is 7.32. The smallest absolute Gasteiger partial charge is 0.213 e. The Bertz CT molecular complexity index is 595. The first-order valence-electron chi connectivity index (χ1n) is 8.87. The lowest BCUT2D eigenvalue weighted by molar-refractivity contribution is 0.273. The highest BCUT2D eigenvalue weighted by Crippen LogP contribution is 2.34. The lowest BCUT2D eigenvalue weighted by Gasteiger charge is -2.33. The highest BCUT2D eigenvalue weighted by Gasteiger charge is 2.30. The van der Waals surface area contributed by atoms with Crippen LogP contribution in [0, 0.1) is 0 Å². The second-order valence-electron chi connectivity index (χ2n) is 6.86. The van der Waals surface area contributed by atoms with Crippen molar-refractivity contribution in [3.8, 4) is 0 Å². The summed E-state index contributed by atoms with van der Waals surface area (Å²) < 4.78 is 25.5. The number of nitrogens with one attached hydrogen (secondary N) is 1. The van der Waals surface area contributed by atoms with Gasteiger partial charge in [-0.25, -0.2) is 12.7 Å². The fourth-order valence-electron chi connectivity index (χ4n) is 3.98. The topological polar surface area (TPSA) is 49.4 Å². The van der Waals surface area contributed by atoms with Crippen LogP contribution in [0.15, 0.2) is 30.3 Å². The summed E-state index contributed by atoms with van der Waals surface area (Å²) in [5.74, 6) is 0.890. The van der Waals surface area contributed by atoms with Crippen LogP contribution >= 0.6 is 0 Å². The van der Waals surface area contributed by atoms with E-state index >= 15 is 0 Å². The van der Waals surface area contributed by atoms with Gasteiger partial charge in [-0.2, -0.15) is 0 Å². The predicted octanol–water partition coefficient (Wildman–Crippen LogP) is 2.73. The maximum atomic E-state index is 11.9. The average Bonchev–Trinajstić information content (AvgIpc) is 3.05. The first-order valence-corrected chi connectivity index (χ1v) is 10.5. The van der Waals surface area contributed by atoms with Crippen LogP contribution in [-0.4, -0.2) is 43.6 Å². The molecule has 1 aromatic rings. The molecule has 1 saturated heterocycles. The van der Waals surface area contributed by atoms with E-state index in [9.17, 15) is 8.42 Å². The monoisotopic (exact) mass is 336 g/mol. The van der Waals surface area contributed by atoms with Gasteiger partial charge >= 0.3 is 0 Å². The number of hydrogen-bond acceptors (Lipinski definition) is 3. The summed E-state index contributed by atoms with van der Waals surface area (Å²) in [6.07, 6.45) is 5.56. The van der Waals surface area contributed by atoms with Gasteiger partial charge in [-0.05, 0) is 50.5 Å². The minimum atomic E-state index is -3.01. The van der Waals surface area contributed by atoms with E-state index in [0.29, 0.717) is 31.1 Å². The molecule has 128 valence electrons. The van der Waals surface area contributed by atoms with E-state index in [-0.39, 0.29) is 5.75 Å². The molecule has 2 atom stereocenters. The molecule has 1 saturated carbocycles.